The number of nitro groups is 1. The molecular formula is C25H21N3O7S. The number of ether oxygens (including phenoxy) is 2. The second-order valence-corrected chi connectivity index (χ2v) is 8.74. The highest BCUT2D eigenvalue weighted by Gasteiger charge is 2.33. The Labute approximate surface area is 208 Å². The van der Waals surface area contributed by atoms with Gasteiger partial charge in [0.25, 0.3) is 11.2 Å². The first-order chi connectivity index (χ1) is 17.3. The van der Waals surface area contributed by atoms with E-state index in [0.717, 1.165) is 11.3 Å². The lowest BCUT2D eigenvalue weighted by Gasteiger charge is -2.24. The lowest BCUT2D eigenvalue weighted by molar-refractivity contribution is -0.385. The fourth-order valence-corrected chi connectivity index (χ4v) is 4.98. The molecule has 0 saturated carbocycles. The minimum absolute atomic E-state index is 0.131. The van der Waals surface area contributed by atoms with Crippen LogP contribution in [0.1, 0.15) is 41.4 Å². The Morgan fingerprint density at radius 2 is 1.86 bits per heavy atom. The summed E-state index contributed by atoms with van der Waals surface area (Å²) in [7, 11) is 1.27. The number of fused-ring (bicyclic) bond motifs is 1. The van der Waals surface area contributed by atoms with Crippen molar-refractivity contribution in [2.75, 3.05) is 13.7 Å². The largest absolute Gasteiger partial charge is 0.465 e. The first-order valence-electron chi connectivity index (χ1n) is 10.9. The summed E-state index contributed by atoms with van der Waals surface area (Å²) >= 11 is 1.06. The van der Waals surface area contributed by atoms with Crippen LogP contribution in [0, 0.1) is 10.1 Å². The minimum atomic E-state index is -0.875. The third-order valence-corrected chi connectivity index (χ3v) is 6.57. The predicted octanol–water partition coefficient (Wildman–Crippen LogP) is 2.49. The molecule has 1 aromatic heterocycles. The standard InChI is InChI=1S/C25H21N3O7S/c1-4-35-24(31)20-14(2)26-25-27(21(20)15-9-11-16(12-10-15)23(30)34-3)22(29)19(36-25)13-17-7-5-6-8-18(17)28(32)33/h5-13,21H,4H2,1-3H3/b19-13+. The van der Waals surface area contributed by atoms with Gasteiger partial charge in [0, 0.05) is 6.07 Å². The fraction of sp³-hybridized carbons (Fsp3) is 0.200. The molecular weight excluding hydrogens is 486 g/mol. The molecule has 1 unspecified atom stereocenters. The molecule has 0 amide bonds. The lowest BCUT2D eigenvalue weighted by atomic mass is 9.95. The molecule has 0 N–H and O–H groups in total. The molecule has 0 aliphatic carbocycles. The third-order valence-electron chi connectivity index (χ3n) is 5.58. The van der Waals surface area contributed by atoms with Crippen molar-refractivity contribution in [2.24, 2.45) is 4.99 Å². The molecule has 2 aromatic carbocycles. The zero-order valence-corrected chi connectivity index (χ0v) is 20.4. The molecule has 1 aliphatic rings. The van der Waals surface area contributed by atoms with Crippen LogP contribution in [0.4, 0.5) is 5.69 Å². The molecule has 0 radical (unpaired) electrons. The van der Waals surface area contributed by atoms with E-state index in [2.05, 4.69) is 4.99 Å². The van der Waals surface area contributed by atoms with Crippen LogP contribution in [0.3, 0.4) is 0 Å². The number of rotatable bonds is 6. The number of thiazole rings is 1. The fourth-order valence-electron chi connectivity index (χ4n) is 3.94. The summed E-state index contributed by atoms with van der Waals surface area (Å²) < 4.78 is 11.6. The Hall–Kier alpha value is -4.38. The Bertz CT molecular complexity index is 1580. The summed E-state index contributed by atoms with van der Waals surface area (Å²) in [5, 5.41) is 11.4. The van der Waals surface area contributed by atoms with Gasteiger partial charge in [0.1, 0.15) is 0 Å². The lowest BCUT2D eigenvalue weighted by Crippen LogP contribution is -2.40. The molecule has 2 heterocycles. The zero-order valence-electron chi connectivity index (χ0n) is 19.6. The molecule has 184 valence electrons. The summed E-state index contributed by atoms with van der Waals surface area (Å²) in [5.41, 5.74) is 1.10. The molecule has 1 atom stereocenters. The second-order valence-electron chi connectivity index (χ2n) is 7.73. The Balaban J connectivity index is 1.95. The molecule has 10 nitrogen and oxygen atoms in total. The summed E-state index contributed by atoms with van der Waals surface area (Å²) in [6, 6.07) is 11.6. The molecule has 36 heavy (non-hydrogen) atoms. The second kappa shape index (κ2) is 10.1. The van der Waals surface area contributed by atoms with Gasteiger partial charge in [-0.05, 0) is 43.7 Å². The number of carbonyl (C=O) groups is 2. The van der Waals surface area contributed by atoms with E-state index in [9.17, 15) is 24.5 Å². The van der Waals surface area contributed by atoms with E-state index in [4.69, 9.17) is 9.47 Å². The van der Waals surface area contributed by atoms with Gasteiger partial charge in [0.05, 0.1) is 51.6 Å². The molecule has 0 saturated heterocycles. The maximum Gasteiger partial charge on any atom is 0.338 e. The number of nitrogens with zero attached hydrogens (tertiary/aromatic N) is 3. The van der Waals surface area contributed by atoms with Crippen LogP contribution in [0.5, 0.6) is 0 Å². The number of carbonyl (C=O) groups excluding carboxylic acids is 2. The zero-order chi connectivity index (χ0) is 26.0. The van der Waals surface area contributed by atoms with Crippen LogP contribution < -0.4 is 14.9 Å². The van der Waals surface area contributed by atoms with Gasteiger partial charge in [0.15, 0.2) is 4.80 Å². The van der Waals surface area contributed by atoms with Gasteiger partial charge in [0.2, 0.25) is 0 Å². The van der Waals surface area contributed by atoms with Crippen molar-refractivity contribution in [2.45, 2.75) is 19.9 Å². The van der Waals surface area contributed by atoms with Crippen LogP contribution in [0.15, 0.2) is 69.6 Å². The molecule has 4 rings (SSSR count). The molecule has 11 heteroatoms. The quantitative estimate of drug-likeness (QED) is 0.285. The number of allylic oxidation sites excluding steroid dienone is 1. The Kier molecular flexibility index (Phi) is 6.93. The summed E-state index contributed by atoms with van der Waals surface area (Å²) in [4.78, 5) is 54.2. The summed E-state index contributed by atoms with van der Waals surface area (Å²) in [5.74, 6) is -1.14. The average molecular weight is 508 g/mol. The van der Waals surface area contributed by atoms with Crippen LogP contribution in [-0.4, -0.2) is 35.1 Å². The van der Waals surface area contributed by atoms with Gasteiger partial charge in [-0.15, -0.1) is 0 Å². The van der Waals surface area contributed by atoms with E-state index >= 15 is 0 Å². The number of benzene rings is 2. The molecule has 1 aliphatic heterocycles. The number of esters is 2. The van der Waals surface area contributed by atoms with Crippen molar-refractivity contribution >= 4 is 35.0 Å². The number of hydrogen-bond donors (Lipinski definition) is 0. The molecule has 0 spiro atoms. The minimum Gasteiger partial charge on any atom is -0.465 e. The third kappa shape index (κ3) is 4.48. The molecule has 3 aromatic rings. The van der Waals surface area contributed by atoms with Gasteiger partial charge >= 0.3 is 11.9 Å². The van der Waals surface area contributed by atoms with Crippen molar-refractivity contribution in [3.63, 3.8) is 0 Å². The van der Waals surface area contributed by atoms with E-state index in [1.165, 1.54) is 23.8 Å². The smallest absolute Gasteiger partial charge is 0.338 e. The van der Waals surface area contributed by atoms with Crippen LogP contribution >= 0.6 is 11.3 Å². The van der Waals surface area contributed by atoms with Gasteiger partial charge < -0.3 is 9.47 Å². The summed E-state index contributed by atoms with van der Waals surface area (Å²) in [6.45, 7) is 3.46. The van der Waals surface area contributed by atoms with Gasteiger partial charge in [-0.1, -0.05) is 35.6 Å². The normalized spacial score (nSPS) is 15.2. The topological polar surface area (TPSA) is 130 Å². The first kappa shape index (κ1) is 24.7. The van der Waals surface area contributed by atoms with Crippen molar-refractivity contribution < 1.29 is 24.0 Å². The molecule has 0 bridgehead atoms. The number of aromatic nitrogens is 1. The summed E-state index contributed by atoms with van der Waals surface area (Å²) in [6.07, 6.45) is 1.45. The predicted molar refractivity (Wildman–Crippen MR) is 131 cm³/mol. The van der Waals surface area contributed by atoms with E-state index in [1.54, 1.807) is 56.3 Å². The number of hydrogen-bond acceptors (Lipinski definition) is 9. The first-order valence-corrected chi connectivity index (χ1v) is 11.7. The Morgan fingerprint density at radius 3 is 2.50 bits per heavy atom. The average Bonchev–Trinajstić information content (AvgIpc) is 3.17. The maximum absolute atomic E-state index is 13.6. The highest BCUT2D eigenvalue weighted by molar-refractivity contribution is 7.07. The molecule has 0 fully saturated rings. The Morgan fingerprint density at radius 1 is 1.17 bits per heavy atom. The maximum atomic E-state index is 13.6. The van der Waals surface area contributed by atoms with Crippen LogP contribution in [-0.2, 0) is 14.3 Å². The highest BCUT2D eigenvalue weighted by Crippen LogP contribution is 2.31. The van der Waals surface area contributed by atoms with Crippen LogP contribution in [0.25, 0.3) is 6.08 Å². The van der Waals surface area contributed by atoms with Crippen molar-refractivity contribution in [3.8, 4) is 0 Å². The van der Waals surface area contributed by atoms with Crippen molar-refractivity contribution in [3.05, 3.63) is 106 Å². The highest BCUT2D eigenvalue weighted by atomic mass is 32.1. The van der Waals surface area contributed by atoms with Crippen molar-refractivity contribution in [1.82, 2.24) is 4.57 Å². The monoisotopic (exact) mass is 507 g/mol. The van der Waals surface area contributed by atoms with Gasteiger partial charge in [-0.2, -0.15) is 0 Å². The van der Waals surface area contributed by atoms with Crippen LogP contribution in [0.2, 0.25) is 0 Å². The van der Waals surface area contributed by atoms with Gasteiger partial charge in [-0.25, -0.2) is 14.6 Å². The van der Waals surface area contributed by atoms with E-state index in [1.807, 2.05) is 0 Å². The van der Waals surface area contributed by atoms with Crippen molar-refractivity contribution in [1.29, 1.82) is 0 Å². The number of para-hydroxylation sites is 1. The van der Waals surface area contributed by atoms with Gasteiger partial charge in [-0.3, -0.25) is 19.5 Å². The van der Waals surface area contributed by atoms with E-state index in [0.29, 0.717) is 21.6 Å². The van der Waals surface area contributed by atoms with E-state index < -0.39 is 28.5 Å². The number of methoxy groups -OCH3 is 1. The SMILES string of the molecule is CCOC(=O)C1=C(C)N=c2s/c(=C/c3ccccc3[N+](=O)[O-])c(=O)n2C1c1ccc(C(=O)OC)cc1. The number of nitro benzene ring substituents is 1. The van der Waals surface area contributed by atoms with E-state index in [-0.39, 0.29) is 28.0 Å².